The predicted molar refractivity (Wildman–Crippen MR) is 93.8 cm³/mol. The van der Waals surface area contributed by atoms with Gasteiger partial charge in [0.2, 0.25) is 0 Å². The molecule has 1 unspecified atom stereocenters. The Morgan fingerprint density at radius 1 is 1.00 bits per heavy atom. The molecule has 0 saturated carbocycles. The van der Waals surface area contributed by atoms with E-state index in [1.165, 1.54) is 0 Å². The topological polar surface area (TPSA) is 32.3 Å². The zero-order chi connectivity index (χ0) is 16.0. The summed E-state index contributed by atoms with van der Waals surface area (Å²) in [5.41, 5.74) is 2.46. The van der Waals surface area contributed by atoms with E-state index in [1.807, 2.05) is 43.3 Å². The minimum absolute atomic E-state index is 0.488. The first kappa shape index (κ1) is 16.7. The fraction of sp³-hybridized carbons (Fsp3) is 0.400. The van der Waals surface area contributed by atoms with Crippen molar-refractivity contribution in [1.82, 2.24) is 5.32 Å². The molecule has 0 radical (unpaired) electrons. The standard InChI is InChI=1S/C20H27NO/c1-16(2)21-15-9-14-20(3,22)19-13-8-7-12-18(19)17-10-5-4-6-11-17/h4-8,10-13,16,21-22H,9,14-15H2,1-3H3. The molecule has 2 N–H and O–H groups in total. The summed E-state index contributed by atoms with van der Waals surface area (Å²) in [6.07, 6.45) is 1.70. The van der Waals surface area contributed by atoms with Crippen LogP contribution < -0.4 is 5.32 Å². The third-order valence-electron chi connectivity index (χ3n) is 3.99. The van der Waals surface area contributed by atoms with Crippen LogP contribution in [0.1, 0.15) is 39.2 Å². The molecule has 0 heterocycles. The molecule has 0 aromatic heterocycles. The second-order valence-electron chi connectivity index (χ2n) is 6.40. The second-order valence-corrected chi connectivity index (χ2v) is 6.40. The Morgan fingerprint density at radius 2 is 1.64 bits per heavy atom. The van der Waals surface area contributed by atoms with Gasteiger partial charge in [0, 0.05) is 6.04 Å². The van der Waals surface area contributed by atoms with Crippen LogP contribution in [0.2, 0.25) is 0 Å². The van der Waals surface area contributed by atoms with Crippen LogP contribution in [-0.4, -0.2) is 17.7 Å². The predicted octanol–water partition coefficient (Wildman–Crippen LogP) is 4.34. The third-order valence-corrected chi connectivity index (χ3v) is 3.99. The zero-order valence-corrected chi connectivity index (χ0v) is 13.8. The van der Waals surface area contributed by atoms with Gasteiger partial charge in [-0.1, -0.05) is 68.4 Å². The van der Waals surface area contributed by atoms with Crippen molar-refractivity contribution < 1.29 is 5.11 Å². The minimum Gasteiger partial charge on any atom is -0.385 e. The lowest BCUT2D eigenvalue weighted by atomic mass is 9.85. The van der Waals surface area contributed by atoms with Gasteiger partial charge in [0.1, 0.15) is 0 Å². The summed E-state index contributed by atoms with van der Waals surface area (Å²) >= 11 is 0. The van der Waals surface area contributed by atoms with Crippen molar-refractivity contribution in [2.45, 2.75) is 45.3 Å². The van der Waals surface area contributed by atoms with Crippen LogP contribution in [0.25, 0.3) is 11.1 Å². The summed E-state index contributed by atoms with van der Waals surface area (Å²) in [5, 5.41) is 14.4. The lowest BCUT2D eigenvalue weighted by Gasteiger charge is -2.27. The first-order valence-electron chi connectivity index (χ1n) is 8.11. The van der Waals surface area contributed by atoms with Gasteiger partial charge in [-0.05, 0) is 43.0 Å². The Labute approximate surface area is 134 Å². The van der Waals surface area contributed by atoms with Crippen molar-refractivity contribution in [2.24, 2.45) is 0 Å². The first-order chi connectivity index (χ1) is 10.5. The third kappa shape index (κ3) is 4.43. The quantitative estimate of drug-likeness (QED) is 0.745. The van der Waals surface area contributed by atoms with E-state index in [2.05, 4.69) is 37.4 Å². The van der Waals surface area contributed by atoms with Crippen molar-refractivity contribution >= 4 is 0 Å². The van der Waals surface area contributed by atoms with E-state index >= 15 is 0 Å². The van der Waals surface area contributed by atoms with E-state index in [1.54, 1.807) is 0 Å². The van der Waals surface area contributed by atoms with E-state index in [4.69, 9.17) is 0 Å². The van der Waals surface area contributed by atoms with Crippen LogP contribution in [0.15, 0.2) is 54.6 Å². The van der Waals surface area contributed by atoms with Gasteiger partial charge in [-0.15, -0.1) is 0 Å². The zero-order valence-electron chi connectivity index (χ0n) is 13.8. The fourth-order valence-electron chi connectivity index (χ4n) is 2.78. The Balaban J connectivity index is 2.17. The maximum atomic E-state index is 11.0. The fourth-order valence-corrected chi connectivity index (χ4v) is 2.78. The molecule has 2 rings (SSSR count). The average Bonchev–Trinajstić information content (AvgIpc) is 2.52. The van der Waals surface area contributed by atoms with Gasteiger partial charge in [-0.3, -0.25) is 0 Å². The van der Waals surface area contributed by atoms with Gasteiger partial charge in [-0.25, -0.2) is 0 Å². The summed E-state index contributed by atoms with van der Waals surface area (Å²) in [4.78, 5) is 0. The number of nitrogens with one attached hydrogen (secondary N) is 1. The highest BCUT2D eigenvalue weighted by Crippen LogP contribution is 2.34. The molecule has 0 aliphatic rings. The molecule has 22 heavy (non-hydrogen) atoms. The van der Waals surface area contributed by atoms with E-state index in [0.717, 1.165) is 36.1 Å². The van der Waals surface area contributed by atoms with Crippen LogP contribution >= 0.6 is 0 Å². The van der Waals surface area contributed by atoms with Crippen LogP contribution in [0.5, 0.6) is 0 Å². The van der Waals surface area contributed by atoms with Crippen LogP contribution in [0.4, 0.5) is 0 Å². The molecule has 0 fully saturated rings. The van der Waals surface area contributed by atoms with E-state index in [-0.39, 0.29) is 0 Å². The Morgan fingerprint density at radius 3 is 2.32 bits per heavy atom. The largest absolute Gasteiger partial charge is 0.385 e. The van der Waals surface area contributed by atoms with Gasteiger partial charge >= 0.3 is 0 Å². The summed E-state index contributed by atoms with van der Waals surface area (Å²) in [5.74, 6) is 0. The Bertz CT molecular complexity index is 575. The monoisotopic (exact) mass is 297 g/mol. The lowest BCUT2D eigenvalue weighted by molar-refractivity contribution is 0.0461. The molecular formula is C20H27NO. The molecule has 0 aliphatic carbocycles. The highest BCUT2D eigenvalue weighted by Gasteiger charge is 2.25. The first-order valence-corrected chi connectivity index (χ1v) is 8.11. The number of rotatable bonds is 7. The van der Waals surface area contributed by atoms with Crippen molar-refractivity contribution in [3.05, 3.63) is 60.2 Å². The van der Waals surface area contributed by atoms with Crippen molar-refractivity contribution in [3.8, 4) is 11.1 Å². The lowest BCUT2D eigenvalue weighted by Crippen LogP contribution is -2.27. The summed E-state index contributed by atoms with van der Waals surface area (Å²) in [6, 6.07) is 18.9. The molecule has 0 amide bonds. The molecule has 1 atom stereocenters. The summed E-state index contributed by atoms with van der Waals surface area (Å²) in [6.45, 7) is 7.14. The van der Waals surface area contributed by atoms with Crippen molar-refractivity contribution in [3.63, 3.8) is 0 Å². The maximum absolute atomic E-state index is 11.0. The molecule has 0 aliphatic heterocycles. The number of aliphatic hydroxyl groups is 1. The normalized spacial score (nSPS) is 14.0. The Hall–Kier alpha value is -1.64. The van der Waals surface area contributed by atoms with E-state index in [0.29, 0.717) is 6.04 Å². The van der Waals surface area contributed by atoms with Gasteiger partial charge in [0.15, 0.2) is 0 Å². The van der Waals surface area contributed by atoms with Gasteiger partial charge in [0.25, 0.3) is 0 Å². The Kier molecular flexibility index (Phi) is 5.76. The average molecular weight is 297 g/mol. The molecule has 2 aromatic rings. The van der Waals surface area contributed by atoms with E-state index in [9.17, 15) is 5.11 Å². The molecule has 2 aromatic carbocycles. The highest BCUT2D eigenvalue weighted by atomic mass is 16.3. The van der Waals surface area contributed by atoms with Crippen LogP contribution in [-0.2, 0) is 5.60 Å². The van der Waals surface area contributed by atoms with Gasteiger partial charge in [0.05, 0.1) is 5.60 Å². The highest BCUT2D eigenvalue weighted by molar-refractivity contribution is 5.68. The summed E-state index contributed by atoms with van der Waals surface area (Å²) < 4.78 is 0. The van der Waals surface area contributed by atoms with E-state index < -0.39 is 5.60 Å². The molecule has 118 valence electrons. The number of hydrogen-bond acceptors (Lipinski definition) is 2. The maximum Gasteiger partial charge on any atom is 0.0875 e. The molecule has 0 bridgehead atoms. The number of benzene rings is 2. The molecule has 2 heteroatoms. The molecular weight excluding hydrogens is 270 g/mol. The van der Waals surface area contributed by atoms with Crippen molar-refractivity contribution in [2.75, 3.05) is 6.54 Å². The van der Waals surface area contributed by atoms with Gasteiger partial charge < -0.3 is 10.4 Å². The number of hydrogen-bond donors (Lipinski definition) is 2. The molecule has 0 saturated heterocycles. The smallest absolute Gasteiger partial charge is 0.0875 e. The minimum atomic E-state index is -0.814. The second kappa shape index (κ2) is 7.57. The van der Waals surface area contributed by atoms with Crippen LogP contribution in [0.3, 0.4) is 0 Å². The summed E-state index contributed by atoms with van der Waals surface area (Å²) in [7, 11) is 0. The SMILES string of the molecule is CC(C)NCCCC(C)(O)c1ccccc1-c1ccccc1. The van der Waals surface area contributed by atoms with Crippen LogP contribution in [0, 0.1) is 0 Å². The van der Waals surface area contributed by atoms with Gasteiger partial charge in [-0.2, -0.15) is 0 Å². The molecule has 0 spiro atoms. The van der Waals surface area contributed by atoms with Crippen molar-refractivity contribution in [1.29, 1.82) is 0 Å². The molecule has 2 nitrogen and oxygen atoms in total.